The van der Waals surface area contributed by atoms with Crippen molar-refractivity contribution in [2.45, 2.75) is 45.2 Å². The number of benzene rings is 1. The first-order chi connectivity index (χ1) is 12.7. The molecule has 2 amide bonds. The Balaban J connectivity index is 1.27. The van der Waals surface area contributed by atoms with Gasteiger partial charge in [0.25, 0.3) is 0 Å². The molecular formula is C21H34N4O. The van der Waals surface area contributed by atoms with Gasteiger partial charge in [-0.15, -0.1) is 0 Å². The highest BCUT2D eigenvalue weighted by atomic mass is 16.2. The molecule has 1 aromatic carbocycles. The topological polar surface area (TPSA) is 47.6 Å². The highest BCUT2D eigenvalue weighted by Crippen LogP contribution is 2.15. The zero-order valence-corrected chi connectivity index (χ0v) is 16.1. The Labute approximate surface area is 158 Å². The molecule has 0 unspecified atom stereocenters. The van der Waals surface area contributed by atoms with E-state index in [9.17, 15) is 4.79 Å². The standard InChI is InChI=1S/C21H34N4O/c1-18-7-12-24(13-8-18)16-11-22-21(26)23-20-9-14-25(15-10-20)17-19-5-3-2-4-6-19/h2-6,18,20H,7-17H2,1H3,(H2,22,23,26). The van der Waals surface area contributed by atoms with Crippen molar-refractivity contribution in [2.24, 2.45) is 5.92 Å². The van der Waals surface area contributed by atoms with Crippen LogP contribution in [0, 0.1) is 5.92 Å². The van der Waals surface area contributed by atoms with Gasteiger partial charge < -0.3 is 15.5 Å². The summed E-state index contributed by atoms with van der Waals surface area (Å²) in [7, 11) is 0. The van der Waals surface area contributed by atoms with Gasteiger partial charge in [-0.2, -0.15) is 0 Å². The number of urea groups is 1. The average molecular weight is 359 g/mol. The third-order valence-electron chi connectivity index (χ3n) is 5.76. The molecule has 0 saturated carbocycles. The summed E-state index contributed by atoms with van der Waals surface area (Å²) >= 11 is 0. The second kappa shape index (κ2) is 9.93. The van der Waals surface area contributed by atoms with Gasteiger partial charge in [-0.05, 0) is 50.3 Å². The number of nitrogens with one attached hydrogen (secondary N) is 2. The van der Waals surface area contributed by atoms with Gasteiger partial charge in [0.15, 0.2) is 0 Å². The molecule has 1 aromatic rings. The summed E-state index contributed by atoms with van der Waals surface area (Å²) in [4.78, 5) is 17.1. The Bertz CT molecular complexity index is 534. The Hall–Kier alpha value is -1.59. The van der Waals surface area contributed by atoms with Crippen LogP contribution in [0.4, 0.5) is 4.79 Å². The molecule has 2 N–H and O–H groups in total. The van der Waals surface area contributed by atoms with Gasteiger partial charge in [0.2, 0.25) is 0 Å². The molecule has 5 heteroatoms. The molecule has 2 aliphatic heterocycles. The van der Waals surface area contributed by atoms with Gasteiger partial charge in [0.05, 0.1) is 0 Å². The predicted octanol–water partition coefficient (Wildman–Crippen LogP) is 2.68. The number of carbonyl (C=O) groups is 1. The first-order valence-corrected chi connectivity index (χ1v) is 10.2. The highest BCUT2D eigenvalue weighted by Gasteiger charge is 2.21. The first-order valence-electron chi connectivity index (χ1n) is 10.2. The summed E-state index contributed by atoms with van der Waals surface area (Å²) in [5, 5.41) is 6.19. The van der Waals surface area contributed by atoms with E-state index in [0.29, 0.717) is 6.04 Å². The lowest BCUT2D eigenvalue weighted by molar-refractivity contribution is 0.181. The molecule has 2 heterocycles. The lowest BCUT2D eigenvalue weighted by atomic mass is 9.99. The van der Waals surface area contributed by atoms with Gasteiger partial charge in [-0.1, -0.05) is 37.3 Å². The molecule has 26 heavy (non-hydrogen) atoms. The molecule has 0 radical (unpaired) electrons. The van der Waals surface area contributed by atoms with Gasteiger partial charge in [-0.25, -0.2) is 4.79 Å². The molecule has 2 saturated heterocycles. The summed E-state index contributed by atoms with van der Waals surface area (Å²) in [5.41, 5.74) is 1.36. The number of carbonyl (C=O) groups excluding carboxylic acids is 1. The van der Waals surface area contributed by atoms with Crippen LogP contribution in [-0.2, 0) is 6.54 Å². The van der Waals surface area contributed by atoms with Gasteiger partial charge in [0.1, 0.15) is 0 Å². The van der Waals surface area contributed by atoms with Crippen LogP contribution < -0.4 is 10.6 Å². The number of likely N-dealkylation sites (tertiary alicyclic amines) is 2. The largest absolute Gasteiger partial charge is 0.337 e. The van der Waals surface area contributed by atoms with E-state index >= 15 is 0 Å². The SMILES string of the molecule is CC1CCN(CCNC(=O)NC2CCN(Cc3ccccc3)CC2)CC1. The van der Waals surface area contributed by atoms with E-state index in [-0.39, 0.29) is 6.03 Å². The summed E-state index contributed by atoms with van der Waals surface area (Å²) in [5.74, 6) is 0.857. The fraction of sp³-hybridized carbons (Fsp3) is 0.667. The van der Waals surface area contributed by atoms with Crippen LogP contribution in [0.25, 0.3) is 0 Å². The Morgan fingerprint density at radius 3 is 2.35 bits per heavy atom. The number of piperidine rings is 2. The first kappa shape index (κ1) is 19.2. The average Bonchev–Trinajstić information content (AvgIpc) is 2.66. The minimum atomic E-state index is -0.00288. The van der Waals surface area contributed by atoms with Crippen molar-refractivity contribution in [1.82, 2.24) is 20.4 Å². The lowest BCUT2D eigenvalue weighted by Crippen LogP contribution is -2.49. The van der Waals surface area contributed by atoms with E-state index in [2.05, 4.69) is 57.7 Å². The Morgan fingerprint density at radius 1 is 1.00 bits per heavy atom. The minimum absolute atomic E-state index is 0.00288. The maximum atomic E-state index is 12.1. The van der Waals surface area contributed by atoms with Crippen LogP contribution in [-0.4, -0.2) is 61.1 Å². The number of amides is 2. The van der Waals surface area contributed by atoms with Crippen molar-refractivity contribution in [3.8, 4) is 0 Å². The van der Waals surface area contributed by atoms with Gasteiger partial charge >= 0.3 is 6.03 Å². The fourth-order valence-electron chi connectivity index (χ4n) is 3.93. The Morgan fingerprint density at radius 2 is 1.65 bits per heavy atom. The molecule has 144 valence electrons. The summed E-state index contributed by atoms with van der Waals surface area (Å²) in [6, 6.07) is 10.9. The maximum Gasteiger partial charge on any atom is 0.315 e. The van der Waals surface area contributed by atoms with Crippen LogP contribution in [0.5, 0.6) is 0 Å². The van der Waals surface area contributed by atoms with Gasteiger partial charge in [0, 0.05) is 38.8 Å². The van der Waals surface area contributed by atoms with Crippen LogP contribution >= 0.6 is 0 Å². The third-order valence-corrected chi connectivity index (χ3v) is 5.76. The molecule has 0 aliphatic carbocycles. The molecule has 0 atom stereocenters. The van der Waals surface area contributed by atoms with Crippen molar-refractivity contribution in [3.05, 3.63) is 35.9 Å². The van der Waals surface area contributed by atoms with E-state index in [1.165, 1.54) is 31.5 Å². The van der Waals surface area contributed by atoms with Crippen molar-refractivity contribution < 1.29 is 4.79 Å². The fourth-order valence-corrected chi connectivity index (χ4v) is 3.93. The number of rotatable bonds is 6. The van der Waals surface area contributed by atoms with Crippen molar-refractivity contribution in [3.63, 3.8) is 0 Å². The summed E-state index contributed by atoms with van der Waals surface area (Å²) in [6.07, 6.45) is 4.63. The summed E-state index contributed by atoms with van der Waals surface area (Å²) < 4.78 is 0. The van der Waals surface area contributed by atoms with Crippen LogP contribution in [0.1, 0.15) is 38.2 Å². The van der Waals surface area contributed by atoms with Crippen molar-refractivity contribution >= 4 is 6.03 Å². The second-order valence-corrected chi connectivity index (χ2v) is 7.96. The van der Waals surface area contributed by atoms with E-state index in [0.717, 1.165) is 51.5 Å². The molecule has 3 rings (SSSR count). The lowest BCUT2D eigenvalue weighted by Gasteiger charge is -2.32. The van der Waals surface area contributed by atoms with E-state index in [1.54, 1.807) is 0 Å². The highest BCUT2D eigenvalue weighted by molar-refractivity contribution is 5.74. The predicted molar refractivity (Wildman–Crippen MR) is 106 cm³/mol. The molecule has 2 fully saturated rings. The zero-order valence-electron chi connectivity index (χ0n) is 16.1. The van der Waals surface area contributed by atoms with E-state index < -0.39 is 0 Å². The van der Waals surface area contributed by atoms with Crippen LogP contribution in [0.15, 0.2) is 30.3 Å². The van der Waals surface area contributed by atoms with E-state index in [4.69, 9.17) is 0 Å². The molecule has 0 spiro atoms. The summed E-state index contributed by atoms with van der Waals surface area (Å²) in [6.45, 7) is 9.48. The smallest absolute Gasteiger partial charge is 0.315 e. The van der Waals surface area contributed by atoms with Crippen LogP contribution in [0.2, 0.25) is 0 Å². The number of hydrogen-bond donors (Lipinski definition) is 2. The van der Waals surface area contributed by atoms with E-state index in [1.807, 2.05) is 0 Å². The quantitative estimate of drug-likeness (QED) is 0.822. The molecule has 0 bridgehead atoms. The zero-order chi connectivity index (χ0) is 18.2. The minimum Gasteiger partial charge on any atom is -0.337 e. The van der Waals surface area contributed by atoms with Crippen LogP contribution in [0.3, 0.4) is 0 Å². The molecule has 5 nitrogen and oxygen atoms in total. The maximum absolute atomic E-state index is 12.1. The molecular weight excluding hydrogens is 324 g/mol. The normalized spacial score (nSPS) is 20.8. The van der Waals surface area contributed by atoms with Crippen molar-refractivity contribution in [2.75, 3.05) is 39.3 Å². The number of nitrogens with zero attached hydrogens (tertiary/aromatic N) is 2. The molecule has 2 aliphatic rings. The van der Waals surface area contributed by atoms with Gasteiger partial charge in [-0.3, -0.25) is 4.90 Å². The second-order valence-electron chi connectivity index (χ2n) is 7.96. The monoisotopic (exact) mass is 358 g/mol. The van der Waals surface area contributed by atoms with Crippen molar-refractivity contribution in [1.29, 1.82) is 0 Å². The third kappa shape index (κ3) is 6.29. The molecule has 0 aromatic heterocycles. The Kier molecular flexibility index (Phi) is 7.32. The number of hydrogen-bond acceptors (Lipinski definition) is 3.